The van der Waals surface area contributed by atoms with Crippen molar-refractivity contribution >= 4 is 5.97 Å². The minimum atomic E-state index is -0.659. The molecule has 0 saturated heterocycles. The molecule has 1 aromatic carbocycles. The van der Waals surface area contributed by atoms with E-state index in [9.17, 15) is 9.90 Å². The molecule has 0 heterocycles. The summed E-state index contributed by atoms with van der Waals surface area (Å²) in [4.78, 5) is 12.2. The second kappa shape index (κ2) is 8.03. The molecule has 4 heteroatoms. The van der Waals surface area contributed by atoms with Crippen molar-refractivity contribution in [1.82, 2.24) is 0 Å². The van der Waals surface area contributed by atoms with Gasteiger partial charge >= 0.3 is 5.97 Å². The Balaban J connectivity index is 2.83. The minimum absolute atomic E-state index is 0.183. The smallest absolute Gasteiger partial charge is 0.335 e. The van der Waals surface area contributed by atoms with Gasteiger partial charge in [0.25, 0.3) is 0 Å². The van der Waals surface area contributed by atoms with Gasteiger partial charge in [-0.25, -0.2) is 4.79 Å². The topological polar surface area (TPSA) is 55.8 Å². The molecule has 0 fully saturated rings. The SMILES string of the molecule is CCCOC(=O)C(Cc1cccc(O)c1)OC(C)(C)CC. The van der Waals surface area contributed by atoms with Gasteiger partial charge in [-0.05, 0) is 44.4 Å². The van der Waals surface area contributed by atoms with Crippen LogP contribution in [0.5, 0.6) is 5.75 Å². The first-order chi connectivity index (χ1) is 9.88. The highest BCUT2D eigenvalue weighted by Crippen LogP contribution is 2.21. The van der Waals surface area contributed by atoms with Crippen LogP contribution < -0.4 is 0 Å². The molecule has 118 valence electrons. The second-order valence-corrected chi connectivity index (χ2v) is 5.76. The summed E-state index contributed by atoms with van der Waals surface area (Å²) in [7, 11) is 0. The van der Waals surface area contributed by atoms with Crippen LogP contribution in [0.3, 0.4) is 0 Å². The number of ether oxygens (including phenoxy) is 2. The number of rotatable bonds is 8. The van der Waals surface area contributed by atoms with E-state index in [1.165, 1.54) is 0 Å². The molecule has 0 aliphatic rings. The van der Waals surface area contributed by atoms with E-state index >= 15 is 0 Å². The number of hydrogen-bond acceptors (Lipinski definition) is 4. The standard InChI is InChI=1S/C17H26O4/c1-5-10-20-16(19)15(21-17(3,4)6-2)12-13-8-7-9-14(18)11-13/h7-9,11,15,18H,5-6,10,12H2,1-4H3. The van der Waals surface area contributed by atoms with Gasteiger partial charge in [0.2, 0.25) is 0 Å². The van der Waals surface area contributed by atoms with Crippen molar-refractivity contribution in [3.8, 4) is 5.75 Å². The van der Waals surface area contributed by atoms with Crippen LogP contribution >= 0.6 is 0 Å². The predicted octanol–water partition coefficient (Wildman–Crippen LogP) is 3.46. The summed E-state index contributed by atoms with van der Waals surface area (Å²) in [6, 6.07) is 6.86. The van der Waals surface area contributed by atoms with Crippen LogP contribution in [0.4, 0.5) is 0 Å². The molecule has 1 aromatic rings. The molecule has 0 bridgehead atoms. The third kappa shape index (κ3) is 6.17. The molecule has 0 aliphatic heterocycles. The van der Waals surface area contributed by atoms with Gasteiger partial charge in [0.1, 0.15) is 5.75 Å². The van der Waals surface area contributed by atoms with Crippen molar-refractivity contribution in [2.75, 3.05) is 6.61 Å². The van der Waals surface area contributed by atoms with Gasteiger partial charge in [0.05, 0.1) is 12.2 Å². The molecule has 0 spiro atoms. The Morgan fingerprint density at radius 3 is 2.62 bits per heavy atom. The molecule has 1 unspecified atom stereocenters. The van der Waals surface area contributed by atoms with Crippen LogP contribution in [0.2, 0.25) is 0 Å². The molecule has 1 rings (SSSR count). The van der Waals surface area contributed by atoms with Gasteiger partial charge in [-0.2, -0.15) is 0 Å². The lowest BCUT2D eigenvalue weighted by Gasteiger charge is -2.29. The largest absolute Gasteiger partial charge is 0.508 e. The molecule has 0 aromatic heterocycles. The zero-order chi connectivity index (χ0) is 15.9. The molecule has 0 aliphatic carbocycles. The first-order valence-corrected chi connectivity index (χ1v) is 7.50. The van der Waals surface area contributed by atoms with Crippen molar-refractivity contribution < 1.29 is 19.4 Å². The summed E-state index contributed by atoms with van der Waals surface area (Å²) >= 11 is 0. The average molecular weight is 294 g/mol. The zero-order valence-corrected chi connectivity index (χ0v) is 13.4. The molecular weight excluding hydrogens is 268 g/mol. The van der Waals surface area contributed by atoms with E-state index in [-0.39, 0.29) is 11.7 Å². The molecule has 0 amide bonds. The van der Waals surface area contributed by atoms with Gasteiger partial charge in [-0.15, -0.1) is 0 Å². The van der Waals surface area contributed by atoms with Crippen molar-refractivity contribution in [2.45, 2.75) is 58.7 Å². The van der Waals surface area contributed by atoms with Gasteiger partial charge in [-0.3, -0.25) is 0 Å². The fourth-order valence-corrected chi connectivity index (χ4v) is 1.83. The third-order valence-electron chi connectivity index (χ3n) is 3.36. The zero-order valence-electron chi connectivity index (χ0n) is 13.4. The maximum Gasteiger partial charge on any atom is 0.335 e. The third-order valence-corrected chi connectivity index (χ3v) is 3.36. The Morgan fingerprint density at radius 1 is 1.33 bits per heavy atom. The lowest BCUT2D eigenvalue weighted by Crippen LogP contribution is -2.37. The second-order valence-electron chi connectivity index (χ2n) is 5.76. The molecule has 0 radical (unpaired) electrons. The van der Waals surface area contributed by atoms with Crippen molar-refractivity contribution in [1.29, 1.82) is 0 Å². The van der Waals surface area contributed by atoms with Gasteiger partial charge in [-0.1, -0.05) is 26.0 Å². The quantitative estimate of drug-likeness (QED) is 0.746. The highest BCUT2D eigenvalue weighted by Gasteiger charge is 2.28. The maximum atomic E-state index is 12.2. The van der Waals surface area contributed by atoms with Crippen molar-refractivity contribution in [2.24, 2.45) is 0 Å². The molecule has 21 heavy (non-hydrogen) atoms. The molecular formula is C17H26O4. The van der Waals surface area contributed by atoms with E-state index in [1.807, 2.05) is 33.8 Å². The highest BCUT2D eigenvalue weighted by molar-refractivity contribution is 5.75. The summed E-state index contributed by atoms with van der Waals surface area (Å²) in [6.45, 7) is 8.27. The Labute approximate surface area is 127 Å². The first kappa shape index (κ1) is 17.5. The van der Waals surface area contributed by atoms with Crippen LogP contribution in [0, 0.1) is 0 Å². The number of phenolic OH excluding ortho intramolecular Hbond substituents is 1. The van der Waals surface area contributed by atoms with Crippen LogP contribution in [-0.4, -0.2) is 29.4 Å². The Morgan fingerprint density at radius 2 is 2.05 bits per heavy atom. The number of esters is 1. The van der Waals surface area contributed by atoms with Crippen molar-refractivity contribution in [3.63, 3.8) is 0 Å². The van der Waals surface area contributed by atoms with Crippen LogP contribution in [0.1, 0.15) is 46.1 Å². The minimum Gasteiger partial charge on any atom is -0.508 e. The van der Waals surface area contributed by atoms with E-state index in [2.05, 4.69) is 0 Å². The Hall–Kier alpha value is -1.55. The maximum absolute atomic E-state index is 12.2. The summed E-state index contributed by atoms with van der Waals surface area (Å²) in [5.41, 5.74) is 0.451. The van der Waals surface area contributed by atoms with E-state index in [4.69, 9.17) is 9.47 Å². The number of carbonyl (C=O) groups excluding carboxylic acids is 1. The monoisotopic (exact) mass is 294 g/mol. The number of hydrogen-bond donors (Lipinski definition) is 1. The average Bonchev–Trinajstić information content (AvgIpc) is 2.44. The van der Waals surface area contributed by atoms with Crippen molar-refractivity contribution in [3.05, 3.63) is 29.8 Å². The van der Waals surface area contributed by atoms with Gasteiger partial charge in [0.15, 0.2) is 6.10 Å². The van der Waals surface area contributed by atoms with Gasteiger partial charge < -0.3 is 14.6 Å². The fourth-order valence-electron chi connectivity index (χ4n) is 1.83. The summed E-state index contributed by atoms with van der Waals surface area (Å²) < 4.78 is 11.2. The Kier molecular flexibility index (Phi) is 6.69. The first-order valence-electron chi connectivity index (χ1n) is 7.50. The summed E-state index contributed by atoms with van der Waals surface area (Å²) in [5, 5.41) is 9.53. The number of benzene rings is 1. The molecule has 4 nitrogen and oxygen atoms in total. The highest BCUT2D eigenvalue weighted by atomic mass is 16.6. The molecule has 1 atom stereocenters. The van der Waals surface area contributed by atoms with E-state index < -0.39 is 11.7 Å². The molecule has 1 N–H and O–H groups in total. The predicted molar refractivity (Wildman–Crippen MR) is 82.3 cm³/mol. The summed E-state index contributed by atoms with van der Waals surface area (Å²) in [6.07, 6.45) is 1.31. The lowest BCUT2D eigenvalue weighted by atomic mass is 10.0. The van der Waals surface area contributed by atoms with Crippen LogP contribution in [0.25, 0.3) is 0 Å². The van der Waals surface area contributed by atoms with Crippen LogP contribution in [-0.2, 0) is 20.7 Å². The number of carbonyl (C=O) groups is 1. The van der Waals surface area contributed by atoms with Crippen LogP contribution in [0.15, 0.2) is 24.3 Å². The number of phenols is 1. The van der Waals surface area contributed by atoms with E-state index in [1.54, 1.807) is 18.2 Å². The van der Waals surface area contributed by atoms with Gasteiger partial charge in [0, 0.05) is 6.42 Å². The summed E-state index contributed by atoms with van der Waals surface area (Å²) in [5.74, 6) is -0.162. The molecule has 0 saturated carbocycles. The lowest BCUT2D eigenvalue weighted by molar-refractivity contribution is -0.168. The van der Waals surface area contributed by atoms with E-state index in [0.29, 0.717) is 13.0 Å². The Bertz CT molecular complexity index is 454. The van der Waals surface area contributed by atoms with E-state index in [0.717, 1.165) is 18.4 Å². The normalized spacial score (nSPS) is 13.0. The fraction of sp³-hybridized carbons (Fsp3) is 0.588. The number of aromatic hydroxyl groups is 1.